The molecule has 0 aliphatic rings. The molecule has 0 aliphatic heterocycles. The fourth-order valence-corrected chi connectivity index (χ4v) is 2.85. The van der Waals surface area contributed by atoms with E-state index in [-0.39, 0.29) is 12.3 Å². The van der Waals surface area contributed by atoms with Gasteiger partial charge in [-0.2, -0.15) is 0 Å². The number of nitrogens with zero attached hydrogens (tertiary/aromatic N) is 3. The molecule has 2 aromatic carbocycles. The lowest BCUT2D eigenvalue weighted by atomic mass is 10.1. The van der Waals surface area contributed by atoms with Gasteiger partial charge in [-0.3, -0.25) is 4.57 Å². The van der Waals surface area contributed by atoms with Crippen LogP contribution in [0.3, 0.4) is 0 Å². The molecule has 114 valence electrons. The van der Waals surface area contributed by atoms with E-state index in [1.165, 1.54) is 0 Å². The summed E-state index contributed by atoms with van der Waals surface area (Å²) in [7, 11) is 0. The molecule has 1 heterocycles. The molecule has 3 heteroatoms. The third-order valence-corrected chi connectivity index (χ3v) is 4.04. The number of para-hydroxylation sites is 1. The summed E-state index contributed by atoms with van der Waals surface area (Å²) >= 11 is 0. The predicted molar refractivity (Wildman–Crippen MR) is 94.1 cm³/mol. The molecule has 0 aliphatic carbocycles. The van der Waals surface area contributed by atoms with Crippen molar-refractivity contribution < 1.29 is 2.74 Å². The van der Waals surface area contributed by atoms with Crippen LogP contribution in [0, 0.1) is 20.4 Å². The first kappa shape index (κ1) is 12.7. The Morgan fingerprint density at radius 3 is 2.61 bits per heavy atom. The Morgan fingerprint density at radius 1 is 1.22 bits per heavy atom. The van der Waals surface area contributed by atoms with E-state index in [2.05, 4.69) is 9.83 Å². The predicted octanol–water partition coefficient (Wildman–Crippen LogP) is 5.27. The van der Waals surface area contributed by atoms with E-state index in [0.29, 0.717) is 11.5 Å². The fourth-order valence-electron chi connectivity index (χ4n) is 2.85. The molecule has 23 heavy (non-hydrogen) atoms. The number of hydrogen-bond donors (Lipinski definition) is 0. The van der Waals surface area contributed by atoms with Crippen LogP contribution in [0.25, 0.3) is 21.9 Å². The molecule has 0 atom stereocenters. The maximum Gasteiger partial charge on any atom is 0.191 e. The van der Waals surface area contributed by atoms with Gasteiger partial charge >= 0.3 is 0 Å². The average molecular weight is 303 g/mol. The van der Waals surface area contributed by atoms with E-state index in [9.17, 15) is 0 Å². The van der Waals surface area contributed by atoms with Gasteiger partial charge in [0.15, 0.2) is 5.69 Å². The molecule has 3 rings (SSSR count). The normalized spacial score (nSPS) is 11.7. The van der Waals surface area contributed by atoms with Crippen LogP contribution < -0.4 is 0 Å². The first-order valence-corrected chi connectivity index (χ1v) is 7.61. The number of imidazole rings is 1. The molecule has 0 fully saturated rings. The highest BCUT2D eigenvalue weighted by molar-refractivity contribution is 5.68. The van der Waals surface area contributed by atoms with Crippen LogP contribution in [-0.4, -0.2) is 9.55 Å². The SMILES string of the molecule is [2H]c1nc(-c2ccc(CC)c([N+]#[C-])c2)n(-c2c(C)cccc2C)c1[2H]. The van der Waals surface area contributed by atoms with E-state index >= 15 is 0 Å². The highest BCUT2D eigenvalue weighted by atomic mass is 15.1. The molecule has 3 nitrogen and oxygen atoms in total. The quantitative estimate of drug-likeness (QED) is 0.604. The van der Waals surface area contributed by atoms with Crippen LogP contribution in [0.5, 0.6) is 0 Å². The molecule has 0 saturated carbocycles. The Balaban J connectivity index is 2.30. The first-order chi connectivity index (χ1) is 12.0. The molecule has 0 N–H and O–H groups in total. The maximum absolute atomic E-state index is 8.33. The van der Waals surface area contributed by atoms with Gasteiger partial charge in [0, 0.05) is 17.9 Å². The second-order valence-corrected chi connectivity index (χ2v) is 5.54. The first-order valence-electron chi connectivity index (χ1n) is 8.61. The van der Waals surface area contributed by atoms with E-state index in [4.69, 9.17) is 9.31 Å². The van der Waals surface area contributed by atoms with Crippen LogP contribution >= 0.6 is 0 Å². The molecule has 0 saturated heterocycles. The van der Waals surface area contributed by atoms with Gasteiger partial charge in [-0.15, -0.1) is 0 Å². The van der Waals surface area contributed by atoms with E-state index in [0.717, 1.165) is 34.4 Å². The Morgan fingerprint density at radius 2 is 1.96 bits per heavy atom. The Labute approximate surface area is 139 Å². The molecule has 0 amide bonds. The minimum atomic E-state index is -0.0680. The Kier molecular flexibility index (Phi) is 3.36. The van der Waals surface area contributed by atoms with Gasteiger partial charge < -0.3 is 0 Å². The standard InChI is InChI=1S/C20H19N3/c1-5-16-9-10-17(13-18(16)21-4)20-22-11-12-23(20)19-14(2)7-6-8-15(19)3/h6-13H,5H2,1-3H3/i11D,12D. The summed E-state index contributed by atoms with van der Waals surface area (Å²) in [5.41, 5.74) is 5.23. The van der Waals surface area contributed by atoms with Crippen LogP contribution in [-0.2, 0) is 6.42 Å². The third-order valence-electron chi connectivity index (χ3n) is 4.04. The number of hydrogen-bond acceptors (Lipinski definition) is 1. The van der Waals surface area contributed by atoms with Crippen molar-refractivity contribution in [2.45, 2.75) is 27.2 Å². The van der Waals surface area contributed by atoms with Crippen molar-refractivity contribution in [2.75, 3.05) is 0 Å². The largest absolute Gasteiger partial charge is 0.299 e. The molecule has 1 aromatic heterocycles. The van der Waals surface area contributed by atoms with E-state index in [1.807, 2.05) is 51.1 Å². The zero-order chi connectivity index (χ0) is 18.1. The van der Waals surface area contributed by atoms with E-state index in [1.54, 1.807) is 10.6 Å². The number of aromatic nitrogens is 2. The highest BCUT2D eigenvalue weighted by Crippen LogP contribution is 2.30. The molecule has 0 unspecified atom stereocenters. The van der Waals surface area contributed by atoms with Gasteiger partial charge in [-0.1, -0.05) is 37.3 Å². The van der Waals surface area contributed by atoms with Crippen LogP contribution in [0.1, 0.15) is 26.4 Å². The molecule has 0 spiro atoms. The van der Waals surface area contributed by atoms with Crippen molar-refractivity contribution in [3.63, 3.8) is 0 Å². The van der Waals surface area contributed by atoms with Crippen molar-refractivity contribution >= 4 is 5.69 Å². The van der Waals surface area contributed by atoms with Crippen LogP contribution in [0.2, 0.25) is 0 Å². The van der Waals surface area contributed by atoms with Gasteiger partial charge in [0.1, 0.15) is 5.82 Å². The summed E-state index contributed by atoms with van der Waals surface area (Å²) in [4.78, 5) is 7.92. The summed E-state index contributed by atoms with van der Waals surface area (Å²) in [6.45, 7) is 13.4. The summed E-state index contributed by atoms with van der Waals surface area (Å²) in [5, 5.41) is 0. The summed E-state index contributed by atoms with van der Waals surface area (Å²) in [5.74, 6) is 0.528. The second-order valence-electron chi connectivity index (χ2n) is 5.54. The molecule has 0 bridgehead atoms. The third kappa shape index (κ3) is 2.64. The molecule has 0 radical (unpaired) electrons. The van der Waals surface area contributed by atoms with Crippen molar-refractivity contribution in [3.05, 3.63) is 76.9 Å². The Bertz CT molecular complexity index is 977. The minimum absolute atomic E-state index is 0.0522. The van der Waals surface area contributed by atoms with Crippen LogP contribution in [0.15, 0.2) is 48.7 Å². The zero-order valence-electron chi connectivity index (χ0n) is 15.5. The van der Waals surface area contributed by atoms with Crippen LogP contribution in [0.4, 0.5) is 5.69 Å². The smallest absolute Gasteiger partial charge is 0.191 e. The van der Waals surface area contributed by atoms with Crippen molar-refractivity contribution in [2.24, 2.45) is 0 Å². The molecular weight excluding hydrogens is 282 g/mol. The molecular formula is C20H19N3. The van der Waals surface area contributed by atoms with Gasteiger partial charge in [0.2, 0.25) is 0 Å². The van der Waals surface area contributed by atoms with Gasteiger partial charge in [0.05, 0.1) is 15.0 Å². The maximum atomic E-state index is 8.33. The number of rotatable bonds is 3. The summed E-state index contributed by atoms with van der Waals surface area (Å²) < 4.78 is 18.1. The van der Waals surface area contributed by atoms with Crippen molar-refractivity contribution in [1.29, 1.82) is 0 Å². The fraction of sp³-hybridized carbons (Fsp3) is 0.200. The van der Waals surface area contributed by atoms with E-state index < -0.39 is 0 Å². The lowest BCUT2D eigenvalue weighted by molar-refractivity contribution is 1.03. The molecule has 3 aromatic rings. The van der Waals surface area contributed by atoms with Gasteiger partial charge in [-0.25, -0.2) is 9.83 Å². The topological polar surface area (TPSA) is 22.2 Å². The number of aryl methyl sites for hydroxylation is 3. The minimum Gasteiger partial charge on any atom is -0.299 e. The highest BCUT2D eigenvalue weighted by Gasteiger charge is 2.13. The monoisotopic (exact) mass is 303 g/mol. The van der Waals surface area contributed by atoms with Crippen molar-refractivity contribution in [3.8, 4) is 17.1 Å². The summed E-state index contributed by atoms with van der Waals surface area (Å²) in [6, 6.07) is 11.6. The zero-order valence-corrected chi connectivity index (χ0v) is 13.5. The number of benzene rings is 2. The summed E-state index contributed by atoms with van der Waals surface area (Å²) in [6.07, 6.45) is 0.773. The average Bonchev–Trinajstić information content (AvgIpc) is 2.90. The lowest BCUT2D eigenvalue weighted by Crippen LogP contribution is -2.01. The lowest BCUT2D eigenvalue weighted by Gasteiger charge is -2.14. The second kappa shape index (κ2) is 6.10. The van der Waals surface area contributed by atoms with Gasteiger partial charge in [-0.05, 0) is 43.0 Å². The van der Waals surface area contributed by atoms with Crippen molar-refractivity contribution in [1.82, 2.24) is 9.55 Å². The van der Waals surface area contributed by atoms with Gasteiger partial charge in [0.25, 0.3) is 0 Å². The Hall–Kier alpha value is -2.86.